The van der Waals surface area contributed by atoms with E-state index in [4.69, 9.17) is 5.73 Å². The molecule has 3 nitrogen and oxygen atoms in total. The maximum Gasteiger partial charge on any atom is 0.237 e. The molecule has 0 spiro atoms. The lowest BCUT2D eigenvalue weighted by molar-refractivity contribution is -0.123. The largest absolute Gasteiger partial charge is 0.354 e. The van der Waals surface area contributed by atoms with Gasteiger partial charge < -0.3 is 11.1 Å². The van der Waals surface area contributed by atoms with Crippen molar-refractivity contribution in [3.8, 4) is 0 Å². The second-order valence-corrected chi connectivity index (χ2v) is 4.88. The number of nitrogens with one attached hydrogen (secondary N) is 1. The van der Waals surface area contributed by atoms with Crippen LogP contribution in [0.15, 0.2) is 18.2 Å². The SMILES string of the molecule is Cc1cc(F)ccc1CCNC(=O)[C@@H](N)C(C)C. The molecule has 0 heterocycles. The third-order valence-electron chi connectivity index (χ3n) is 3.02. The fourth-order valence-corrected chi connectivity index (χ4v) is 1.68. The summed E-state index contributed by atoms with van der Waals surface area (Å²) in [6, 6.07) is 4.21. The number of benzene rings is 1. The molecule has 1 amide bonds. The monoisotopic (exact) mass is 252 g/mol. The van der Waals surface area contributed by atoms with Crippen molar-refractivity contribution in [2.24, 2.45) is 11.7 Å². The van der Waals surface area contributed by atoms with Crippen LogP contribution in [-0.4, -0.2) is 18.5 Å². The van der Waals surface area contributed by atoms with Crippen LogP contribution in [0.4, 0.5) is 4.39 Å². The van der Waals surface area contributed by atoms with Gasteiger partial charge in [-0.3, -0.25) is 4.79 Å². The average molecular weight is 252 g/mol. The van der Waals surface area contributed by atoms with Gasteiger partial charge in [-0.15, -0.1) is 0 Å². The second-order valence-electron chi connectivity index (χ2n) is 4.88. The summed E-state index contributed by atoms with van der Waals surface area (Å²) < 4.78 is 12.9. The van der Waals surface area contributed by atoms with Crippen molar-refractivity contribution in [2.45, 2.75) is 33.2 Å². The lowest BCUT2D eigenvalue weighted by Gasteiger charge is -2.15. The van der Waals surface area contributed by atoms with E-state index < -0.39 is 6.04 Å². The molecule has 18 heavy (non-hydrogen) atoms. The standard InChI is InChI=1S/C14H21FN2O/c1-9(2)13(16)14(18)17-7-6-11-4-5-12(15)8-10(11)3/h4-5,8-9,13H,6-7,16H2,1-3H3,(H,17,18)/t13-/m0/s1. The van der Waals surface area contributed by atoms with Gasteiger partial charge in [-0.2, -0.15) is 0 Å². The Hall–Kier alpha value is -1.42. The summed E-state index contributed by atoms with van der Waals surface area (Å²) >= 11 is 0. The van der Waals surface area contributed by atoms with Gasteiger partial charge in [0, 0.05) is 6.54 Å². The molecule has 1 aromatic rings. The van der Waals surface area contributed by atoms with E-state index in [1.54, 1.807) is 6.07 Å². The molecule has 0 saturated heterocycles. The Balaban J connectivity index is 2.44. The van der Waals surface area contributed by atoms with Crippen LogP contribution in [0.3, 0.4) is 0 Å². The zero-order chi connectivity index (χ0) is 13.7. The molecule has 1 rings (SSSR count). The summed E-state index contributed by atoms with van der Waals surface area (Å²) in [6.45, 7) is 6.20. The Morgan fingerprint density at radius 1 is 1.44 bits per heavy atom. The molecule has 0 bridgehead atoms. The quantitative estimate of drug-likeness (QED) is 0.839. The molecule has 0 unspecified atom stereocenters. The van der Waals surface area contributed by atoms with E-state index in [9.17, 15) is 9.18 Å². The van der Waals surface area contributed by atoms with Crippen LogP contribution in [0, 0.1) is 18.7 Å². The van der Waals surface area contributed by atoms with E-state index >= 15 is 0 Å². The van der Waals surface area contributed by atoms with Crippen molar-refractivity contribution >= 4 is 5.91 Å². The molecule has 1 aromatic carbocycles. The molecule has 0 radical (unpaired) electrons. The van der Waals surface area contributed by atoms with Crippen LogP contribution in [0.5, 0.6) is 0 Å². The zero-order valence-corrected chi connectivity index (χ0v) is 11.2. The topological polar surface area (TPSA) is 55.1 Å². The summed E-state index contributed by atoms with van der Waals surface area (Å²) in [6.07, 6.45) is 0.683. The Bertz CT molecular complexity index is 418. The Kier molecular flexibility index (Phi) is 5.28. The molecule has 1 atom stereocenters. The Morgan fingerprint density at radius 2 is 2.11 bits per heavy atom. The van der Waals surface area contributed by atoms with Gasteiger partial charge in [0.05, 0.1) is 6.04 Å². The Morgan fingerprint density at radius 3 is 2.67 bits per heavy atom. The van der Waals surface area contributed by atoms with Crippen molar-refractivity contribution in [1.82, 2.24) is 5.32 Å². The fraction of sp³-hybridized carbons (Fsp3) is 0.500. The third-order valence-corrected chi connectivity index (χ3v) is 3.02. The smallest absolute Gasteiger partial charge is 0.237 e. The van der Waals surface area contributed by atoms with Crippen molar-refractivity contribution in [1.29, 1.82) is 0 Å². The highest BCUT2D eigenvalue weighted by molar-refractivity contribution is 5.81. The average Bonchev–Trinajstić information content (AvgIpc) is 2.30. The molecule has 0 fully saturated rings. The van der Waals surface area contributed by atoms with Crippen LogP contribution in [0.1, 0.15) is 25.0 Å². The number of hydrogen-bond acceptors (Lipinski definition) is 2. The second kappa shape index (κ2) is 6.50. The minimum atomic E-state index is -0.473. The maximum absolute atomic E-state index is 12.9. The van der Waals surface area contributed by atoms with Crippen LogP contribution in [0.25, 0.3) is 0 Å². The fourth-order valence-electron chi connectivity index (χ4n) is 1.68. The van der Waals surface area contributed by atoms with E-state index in [0.717, 1.165) is 11.1 Å². The number of amides is 1. The highest BCUT2D eigenvalue weighted by Crippen LogP contribution is 2.10. The summed E-state index contributed by atoms with van der Waals surface area (Å²) in [4.78, 5) is 11.6. The van der Waals surface area contributed by atoms with Crippen LogP contribution in [0.2, 0.25) is 0 Å². The molecular weight excluding hydrogens is 231 g/mol. The molecule has 4 heteroatoms. The molecule has 100 valence electrons. The van der Waals surface area contributed by atoms with Gasteiger partial charge in [0.1, 0.15) is 5.82 Å². The summed E-state index contributed by atoms with van der Waals surface area (Å²) in [7, 11) is 0. The predicted octanol–water partition coefficient (Wildman–Crippen LogP) is 1.78. The van der Waals surface area contributed by atoms with Gasteiger partial charge in [0.2, 0.25) is 5.91 Å². The highest BCUT2D eigenvalue weighted by Gasteiger charge is 2.16. The first-order valence-corrected chi connectivity index (χ1v) is 6.20. The number of aryl methyl sites for hydroxylation is 1. The van der Waals surface area contributed by atoms with E-state index in [1.807, 2.05) is 20.8 Å². The van der Waals surface area contributed by atoms with E-state index in [1.165, 1.54) is 12.1 Å². The van der Waals surface area contributed by atoms with Gasteiger partial charge >= 0.3 is 0 Å². The molecule has 0 aliphatic carbocycles. The normalized spacial score (nSPS) is 12.6. The highest BCUT2D eigenvalue weighted by atomic mass is 19.1. The molecular formula is C14H21FN2O. The van der Waals surface area contributed by atoms with E-state index in [-0.39, 0.29) is 17.6 Å². The first-order chi connectivity index (χ1) is 8.41. The van der Waals surface area contributed by atoms with E-state index in [0.29, 0.717) is 13.0 Å². The minimum Gasteiger partial charge on any atom is -0.354 e. The first-order valence-electron chi connectivity index (χ1n) is 6.20. The summed E-state index contributed by atoms with van der Waals surface area (Å²) in [5.41, 5.74) is 7.66. The lowest BCUT2D eigenvalue weighted by atomic mass is 10.0. The van der Waals surface area contributed by atoms with Gasteiger partial charge in [-0.1, -0.05) is 19.9 Å². The van der Waals surface area contributed by atoms with Crippen molar-refractivity contribution < 1.29 is 9.18 Å². The minimum absolute atomic E-state index is 0.123. The van der Waals surface area contributed by atoms with E-state index in [2.05, 4.69) is 5.32 Å². The van der Waals surface area contributed by atoms with Crippen molar-refractivity contribution in [3.63, 3.8) is 0 Å². The molecule has 0 aliphatic rings. The van der Waals surface area contributed by atoms with Gasteiger partial charge in [-0.25, -0.2) is 4.39 Å². The summed E-state index contributed by atoms with van der Waals surface area (Å²) in [5.74, 6) is -0.246. The van der Waals surface area contributed by atoms with Gasteiger partial charge in [-0.05, 0) is 42.5 Å². The third kappa shape index (κ3) is 4.11. The number of carbonyl (C=O) groups is 1. The molecule has 0 saturated carbocycles. The number of carbonyl (C=O) groups excluding carboxylic acids is 1. The molecule has 0 aromatic heterocycles. The number of nitrogens with two attached hydrogens (primary N) is 1. The number of hydrogen-bond donors (Lipinski definition) is 2. The van der Waals surface area contributed by atoms with Crippen molar-refractivity contribution in [2.75, 3.05) is 6.54 Å². The van der Waals surface area contributed by atoms with Crippen LogP contribution in [-0.2, 0) is 11.2 Å². The molecule has 0 aliphatic heterocycles. The van der Waals surface area contributed by atoms with Crippen LogP contribution >= 0.6 is 0 Å². The number of rotatable bonds is 5. The first kappa shape index (κ1) is 14.6. The molecule has 3 N–H and O–H groups in total. The van der Waals surface area contributed by atoms with Crippen LogP contribution < -0.4 is 11.1 Å². The van der Waals surface area contributed by atoms with Gasteiger partial charge in [0.15, 0.2) is 0 Å². The lowest BCUT2D eigenvalue weighted by Crippen LogP contribution is -2.44. The van der Waals surface area contributed by atoms with Gasteiger partial charge in [0.25, 0.3) is 0 Å². The maximum atomic E-state index is 12.9. The predicted molar refractivity (Wildman–Crippen MR) is 70.7 cm³/mol. The number of halogens is 1. The summed E-state index contributed by atoms with van der Waals surface area (Å²) in [5, 5.41) is 2.80. The van der Waals surface area contributed by atoms with Crippen molar-refractivity contribution in [3.05, 3.63) is 35.1 Å². The Labute approximate surface area is 108 Å². The zero-order valence-electron chi connectivity index (χ0n) is 11.2.